The van der Waals surface area contributed by atoms with Crippen molar-refractivity contribution in [1.29, 1.82) is 0 Å². The van der Waals surface area contributed by atoms with Crippen molar-refractivity contribution in [3.8, 4) is 0 Å². The van der Waals surface area contributed by atoms with Crippen LogP contribution in [0, 0.1) is 0 Å². The summed E-state index contributed by atoms with van der Waals surface area (Å²) in [6.45, 7) is 0.880. The number of hydrogen-bond acceptors (Lipinski definition) is 4. The lowest BCUT2D eigenvalue weighted by atomic mass is 10.0. The SMILES string of the molecule is Cn1cnc(CCNC2CCSc3ccc(Cl)cc32)n1. The lowest BCUT2D eigenvalue weighted by Gasteiger charge is -2.26. The molecule has 1 unspecified atom stereocenters. The predicted molar refractivity (Wildman–Crippen MR) is 82.2 cm³/mol. The zero-order chi connectivity index (χ0) is 13.9. The van der Waals surface area contributed by atoms with Crippen LogP contribution in [-0.2, 0) is 13.5 Å². The van der Waals surface area contributed by atoms with E-state index in [-0.39, 0.29) is 0 Å². The summed E-state index contributed by atoms with van der Waals surface area (Å²) in [7, 11) is 1.89. The fourth-order valence-corrected chi connectivity index (χ4v) is 3.72. The van der Waals surface area contributed by atoms with E-state index in [0.29, 0.717) is 6.04 Å². The molecule has 3 rings (SSSR count). The molecular formula is C14H17ClN4S. The first-order valence-electron chi connectivity index (χ1n) is 6.72. The zero-order valence-electron chi connectivity index (χ0n) is 11.3. The van der Waals surface area contributed by atoms with Crippen LogP contribution >= 0.6 is 23.4 Å². The summed E-state index contributed by atoms with van der Waals surface area (Å²) >= 11 is 8.02. The number of rotatable bonds is 4. The molecule has 1 aliphatic rings. The van der Waals surface area contributed by atoms with Crippen molar-refractivity contribution in [3.63, 3.8) is 0 Å². The average molecular weight is 309 g/mol. The Kier molecular flexibility index (Phi) is 4.29. The van der Waals surface area contributed by atoms with Crippen LogP contribution < -0.4 is 5.32 Å². The quantitative estimate of drug-likeness (QED) is 0.943. The lowest BCUT2D eigenvalue weighted by Crippen LogP contribution is -2.26. The monoisotopic (exact) mass is 308 g/mol. The van der Waals surface area contributed by atoms with Crippen molar-refractivity contribution >= 4 is 23.4 Å². The minimum absolute atomic E-state index is 0.383. The molecule has 0 saturated heterocycles. The van der Waals surface area contributed by atoms with Crippen LogP contribution in [0.15, 0.2) is 29.4 Å². The smallest absolute Gasteiger partial charge is 0.151 e. The van der Waals surface area contributed by atoms with E-state index in [1.807, 2.05) is 24.9 Å². The van der Waals surface area contributed by atoms with Crippen LogP contribution in [0.5, 0.6) is 0 Å². The molecule has 1 atom stereocenters. The molecule has 0 aliphatic carbocycles. The van der Waals surface area contributed by atoms with E-state index in [2.05, 4.69) is 27.5 Å². The maximum absolute atomic E-state index is 6.11. The fraction of sp³-hybridized carbons (Fsp3) is 0.429. The summed E-state index contributed by atoms with van der Waals surface area (Å²) in [6.07, 6.45) is 3.72. The Balaban J connectivity index is 1.63. The molecule has 0 spiro atoms. The molecule has 0 bridgehead atoms. The molecule has 4 nitrogen and oxygen atoms in total. The number of thioether (sulfide) groups is 1. The van der Waals surface area contributed by atoms with Crippen molar-refractivity contribution < 1.29 is 0 Å². The highest BCUT2D eigenvalue weighted by molar-refractivity contribution is 7.99. The number of benzene rings is 1. The van der Waals surface area contributed by atoms with Crippen molar-refractivity contribution in [2.45, 2.75) is 23.8 Å². The van der Waals surface area contributed by atoms with Gasteiger partial charge in [0, 0.05) is 36.0 Å². The Hall–Kier alpha value is -1.04. The molecule has 0 fully saturated rings. The van der Waals surface area contributed by atoms with Crippen LogP contribution in [0.4, 0.5) is 0 Å². The van der Waals surface area contributed by atoms with Crippen LogP contribution in [0.1, 0.15) is 23.9 Å². The summed E-state index contributed by atoms with van der Waals surface area (Å²) in [5, 5.41) is 8.70. The second-order valence-corrected chi connectivity index (χ2v) is 6.48. The lowest BCUT2D eigenvalue weighted by molar-refractivity contribution is 0.509. The Morgan fingerprint density at radius 2 is 2.40 bits per heavy atom. The van der Waals surface area contributed by atoms with Crippen molar-refractivity contribution in [3.05, 3.63) is 40.9 Å². The van der Waals surface area contributed by atoms with E-state index in [4.69, 9.17) is 11.6 Å². The number of hydrogen-bond donors (Lipinski definition) is 1. The Bertz CT molecular complexity index is 599. The molecule has 20 heavy (non-hydrogen) atoms. The maximum atomic E-state index is 6.11. The highest BCUT2D eigenvalue weighted by Gasteiger charge is 2.20. The van der Waals surface area contributed by atoms with Gasteiger partial charge in [-0.05, 0) is 35.9 Å². The van der Waals surface area contributed by atoms with Crippen molar-refractivity contribution in [1.82, 2.24) is 20.1 Å². The predicted octanol–water partition coefficient (Wildman–Crippen LogP) is 2.84. The molecule has 6 heteroatoms. The summed E-state index contributed by atoms with van der Waals surface area (Å²) in [4.78, 5) is 5.59. The Morgan fingerprint density at radius 1 is 1.50 bits per heavy atom. The van der Waals surface area contributed by atoms with Gasteiger partial charge in [-0.15, -0.1) is 11.8 Å². The van der Waals surface area contributed by atoms with Gasteiger partial charge < -0.3 is 5.32 Å². The highest BCUT2D eigenvalue weighted by Crippen LogP contribution is 2.37. The van der Waals surface area contributed by atoms with Crippen molar-refractivity contribution in [2.75, 3.05) is 12.3 Å². The van der Waals surface area contributed by atoms with Crippen LogP contribution in [0.2, 0.25) is 5.02 Å². The summed E-state index contributed by atoms with van der Waals surface area (Å²) in [6, 6.07) is 6.55. The summed E-state index contributed by atoms with van der Waals surface area (Å²) in [5.41, 5.74) is 1.32. The van der Waals surface area contributed by atoms with Crippen LogP contribution in [0.3, 0.4) is 0 Å². The van der Waals surface area contributed by atoms with Gasteiger partial charge in [0.15, 0.2) is 5.82 Å². The molecule has 0 saturated carbocycles. The number of aromatic nitrogens is 3. The van der Waals surface area contributed by atoms with Crippen LogP contribution in [0.25, 0.3) is 0 Å². The second-order valence-electron chi connectivity index (χ2n) is 4.91. The standard InChI is InChI=1S/C14H17ClN4S/c1-19-9-17-14(18-19)4-6-16-12-5-7-20-13-3-2-10(15)8-11(12)13/h2-3,8-9,12,16H,4-7H2,1H3. The Morgan fingerprint density at radius 3 is 3.20 bits per heavy atom. The van der Waals surface area contributed by atoms with Gasteiger partial charge in [-0.2, -0.15) is 5.10 Å². The number of aryl methyl sites for hydroxylation is 1. The molecule has 1 N–H and O–H groups in total. The van der Waals surface area contributed by atoms with Gasteiger partial charge in [0.05, 0.1) is 0 Å². The zero-order valence-corrected chi connectivity index (χ0v) is 12.9. The van der Waals surface area contributed by atoms with E-state index >= 15 is 0 Å². The van der Waals surface area contributed by atoms with Gasteiger partial charge in [-0.1, -0.05) is 11.6 Å². The molecule has 1 aromatic heterocycles. The van der Waals surface area contributed by atoms with Gasteiger partial charge in [0.25, 0.3) is 0 Å². The minimum atomic E-state index is 0.383. The number of nitrogens with zero attached hydrogens (tertiary/aromatic N) is 3. The first kappa shape index (κ1) is 13.9. The molecule has 2 heterocycles. The van der Waals surface area contributed by atoms with Gasteiger partial charge in [0.1, 0.15) is 6.33 Å². The minimum Gasteiger partial charge on any atom is -0.309 e. The second kappa shape index (κ2) is 6.16. The maximum Gasteiger partial charge on any atom is 0.151 e. The third kappa shape index (κ3) is 3.16. The van der Waals surface area contributed by atoms with E-state index in [1.165, 1.54) is 10.5 Å². The average Bonchev–Trinajstić information content (AvgIpc) is 2.85. The molecule has 106 valence electrons. The molecule has 0 amide bonds. The van der Waals surface area contributed by atoms with E-state index < -0.39 is 0 Å². The normalized spacial score (nSPS) is 18.0. The van der Waals surface area contributed by atoms with Crippen LogP contribution in [-0.4, -0.2) is 27.1 Å². The van der Waals surface area contributed by atoms with Crippen molar-refractivity contribution in [2.24, 2.45) is 7.05 Å². The number of halogens is 1. The van der Waals surface area contributed by atoms with E-state index in [9.17, 15) is 0 Å². The first-order valence-corrected chi connectivity index (χ1v) is 8.09. The molecule has 1 aliphatic heterocycles. The Labute approximate surface area is 127 Å². The van der Waals surface area contributed by atoms with Gasteiger partial charge >= 0.3 is 0 Å². The summed E-state index contributed by atoms with van der Waals surface area (Å²) in [5.74, 6) is 2.03. The van der Waals surface area contributed by atoms with Gasteiger partial charge in [-0.25, -0.2) is 4.98 Å². The van der Waals surface area contributed by atoms with Gasteiger partial charge in [0.2, 0.25) is 0 Å². The topological polar surface area (TPSA) is 42.7 Å². The van der Waals surface area contributed by atoms with E-state index in [0.717, 1.165) is 36.0 Å². The first-order chi connectivity index (χ1) is 9.72. The largest absolute Gasteiger partial charge is 0.309 e. The number of fused-ring (bicyclic) bond motifs is 1. The summed E-state index contributed by atoms with van der Waals surface area (Å²) < 4.78 is 1.74. The van der Waals surface area contributed by atoms with E-state index in [1.54, 1.807) is 11.0 Å². The molecule has 1 aromatic carbocycles. The van der Waals surface area contributed by atoms with Gasteiger partial charge in [-0.3, -0.25) is 4.68 Å². The fourth-order valence-electron chi connectivity index (χ4n) is 2.43. The highest BCUT2D eigenvalue weighted by atomic mass is 35.5. The number of nitrogens with one attached hydrogen (secondary N) is 1. The third-order valence-electron chi connectivity index (χ3n) is 3.40. The molecule has 0 radical (unpaired) electrons. The molecular weight excluding hydrogens is 292 g/mol. The third-order valence-corrected chi connectivity index (χ3v) is 4.76. The molecule has 2 aromatic rings.